The molecule has 0 aromatic carbocycles. The minimum Gasteiger partial charge on any atom is -0.444 e. The fourth-order valence-corrected chi connectivity index (χ4v) is 2.62. The number of hydrogen-bond donors (Lipinski definition) is 4. The lowest BCUT2D eigenvalue weighted by atomic mass is 10.0. The average Bonchev–Trinajstić information content (AvgIpc) is 2.62. The molecule has 1 heterocycles. The van der Waals surface area contributed by atoms with Crippen molar-refractivity contribution in [2.75, 3.05) is 19.6 Å². The lowest BCUT2D eigenvalue weighted by Crippen LogP contribution is -2.45. The molecule has 140 valence electrons. The predicted octanol–water partition coefficient (Wildman–Crippen LogP) is 1.16. The summed E-state index contributed by atoms with van der Waals surface area (Å²) in [6.45, 7) is 9.28. The number of ether oxygens (including phenoxy) is 1. The van der Waals surface area contributed by atoms with E-state index in [0.29, 0.717) is 25.9 Å². The highest BCUT2D eigenvalue weighted by atomic mass is 16.6. The maximum absolute atomic E-state index is 12.1. The van der Waals surface area contributed by atoms with Gasteiger partial charge in [-0.3, -0.25) is 4.79 Å². The number of aliphatic hydroxyl groups is 1. The summed E-state index contributed by atoms with van der Waals surface area (Å²) in [6.07, 6.45) is 1.83. The number of nitrogens with one attached hydrogen (secondary N) is 3. The molecule has 2 unspecified atom stereocenters. The molecule has 7 nitrogen and oxygen atoms in total. The highest BCUT2D eigenvalue weighted by Crippen LogP contribution is 2.11. The standard InChI is InChI=1S/C17H33N3O4/c1-12(7-9-19-16(23)24-17(2,3)4)10-15(22)20-13-6-5-8-18-11-14(13)21/h12-14,18,21H,5-11H2,1-4H3,(H,19,23)(H,20,22)/t12-,13?,14?/m0/s1. The van der Waals surface area contributed by atoms with E-state index in [1.807, 2.05) is 27.7 Å². The van der Waals surface area contributed by atoms with E-state index in [4.69, 9.17) is 4.74 Å². The molecular weight excluding hydrogens is 310 g/mol. The minimum absolute atomic E-state index is 0.0503. The first-order chi connectivity index (χ1) is 11.2. The van der Waals surface area contributed by atoms with Crippen LogP contribution >= 0.6 is 0 Å². The Morgan fingerprint density at radius 1 is 1.38 bits per heavy atom. The van der Waals surface area contributed by atoms with Crippen molar-refractivity contribution in [1.29, 1.82) is 0 Å². The van der Waals surface area contributed by atoms with Crippen molar-refractivity contribution in [3.05, 3.63) is 0 Å². The van der Waals surface area contributed by atoms with Gasteiger partial charge < -0.3 is 25.8 Å². The lowest BCUT2D eigenvalue weighted by molar-refractivity contribution is -0.123. The van der Waals surface area contributed by atoms with Gasteiger partial charge in [0.2, 0.25) is 5.91 Å². The molecule has 1 rings (SSSR count). The summed E-state index contributed by atoms with van der Waals surface area (Å²) in [5.41, 5.74) is -0.510. The first-order valence-corrected chi connectivity index (χ1v) is 8.82. The molecule has 1 saturated heterocycles. The summed E-state index contributed by atoms with van der Waals surface area (Å²) < 4.78 is 5.16. The predicted molar refractivity (Wildman–Crippen MR) is 92.7 cm³/mol. The van der Waals surface area contributed by atoms with Crippen molar-refractivity contribution in [2.24, 2.45) is 5.92 Å². The van der Waals surface area contributed by atoms with Crippen LogP contribution in [0, 0.1) is 5.92 Å². The minimum atomic E-state index is -0.541. The first kappa shape index (κ1) is 20.7. The van der Waals surface area contributed by atoms with Gasteiger partial charge in [-0.1, -0.05) is 6.92 Å². The zero-order valence-corrected chi connectivity index (χ0v) is 15.4. The molecule has 1 aliphatic heterocycles. The van der Waals surface area contributed by atoms with Gasteiger partial charge in [0.05, 0.1) is 12.1 Å². The van der Waals surface area contributed by atoms with Crippen LogP contribution in [-0.4, -0.2) is 54.5 Å². The second-order valence-electron chi connectivity index (χ2n) is 7.61. The van der Waals surface area contributed by atoms with Crippen molar-refractivity contribution in [1.82, 2.24) is 16.0 Å². The number of hydrogen-bond acceptors (Lipinski definition) is 5. The summed E-state index contributed by atoms with van der Waals surface area (Å²) in [7, 11) is 0. The molecule has 0 aromatic heterocycles. The van der Waals surface area contributed by atoms with Crippen molar-refractivity contribution >= 4 is 12.0 Å². The van der Waals surface area contributed by atoms with Gasteiger partial charge in [-0.05, 0) is 52.5 Å². The van der Waals surface area contributed by atoms with Gasteiger partial charge >= 0.3 is 6.09 Å². The Morgan fingerprint density at radius 3 is 2.75 bits per heavy atom. The summed E-state index contributed by atoms with van der Waals surface area (Å²) in [5.74, 6) is 0.0895. The van der Waals surface area contributed by atoms with Gasteiger partial charge in [0, 0.05) is 19.5 Å². The number of carbonyl (C=O) groups excluding carboxylic acids is 2. The number of β-amino-alcohol motifs (C(OH)–C–C–N with tert-alkyl or cyclic N) is 1. The summed E-state index contributed by atoms with van der Waals surface area (Å²) in [6, 6.07) is -0.181. The molecule has 24 heavy (non-hydrogen) atoms. The van der Waals surface area contributed by atoms with E-state index >= 15 is 0 Å². The van der Waals surface area contributed by atoms with Gasteiger partial charge in [-0.2, -0.15) is 0 Å². The smallest absolute Gasteiger partial charge is 0.407 e. The molecule has 2 amide bonds. The molecule has 0 radical (unpaired) electrons. The number of alkyl carbamates (subject to hydrolysis) is 1. The molecule has 1 aliphatic rings. The number of aliphatic hydroxyl groups excluding tert-OH is 1. The van der Waals surface area contributed by atoms with E-state index in [9.17, 15) is 14.7 Å². The lowest BCUT2D eigenvalue weighted by Gasteiger charge is -2.22. The third-order valence-corrected chi connectivity index (χ3v) is 3.87. The summed E-state index contributed by atoms with van der Waals surface area (Å²) in [4.78, 5) is 23.7. The van der Waals surface area contributed by atoms with Crippen LogP contribution in [0.5, 0.6) is 0 Å². The maximum atomic E-state index is 12.1. The molecule has 0 saturated carbocycles. The Labute approximate surface area is 144 Å². The first-order valence-electron chi connectivity index (χ1n) is 8.82. The Bertz CT molecular complexity index is 409. The maximum Gasteiger partial charge on any atom is 0.407 e. The van der Waals surface area contributed by atoms with Crippen LogP contribution in [-0.2, 0) is 9.53 Å². The van der Waals surface area contributed by atoms with E-state index in [1.54, 1.807) is 0 Å². The second kappa shape index (κ2) is 9.84. The average molecular weight is 343 g/mol. The van der Waals surface area contributed by atoms with Crippen molar-refractivity contribution in [3.63, 3.8) is 0 Å². The SMILES string of the molecule is C[C@@H](CCNC(=O)OC(C)(C)C)CC(=O)NC1CCCNCC1O. The molecular formula is C17H33N3O4. The second-order valence-corrected chi connectivity index (χ2v) is 7.61. The Hall–Kier alpha value is -1.34. The van der Waals surface area contributed by atoms with E-state index in [0.717, 1.165) is 19.4 Å². The number of rotatable bonds is 6. The molecule has 3 atom stereocenters. The Balaban J connectivity index is 2.23. The molecule has 0 bridgehead atoms. The molecule has 7 heteroatoms. The topological polar surface area (TPSA) is 99.7 Å². The van der Waals surface area contributed by atoms with Crippen molar-refractivity contribution in [2.45, 2.75) is 71.1 Å². The number of carbonyl (C=O) groups is 2. The normalized spacial score (nSPS) is 23.0. The zero-order valence-electron chi connectivity index (χ0n) is 15.4. The Kier molecular flexibility index (Phi) is 8.48. The summed E-state index contributed by atoms with van der Waals surface area (Å²) in [5, 5.41) is 18.8. The summed E-state index contributed by atoms with van der Waals surface area (Å²) >= 11 is 0. The van der Waals surface area contributed by atoms with E-state index in [1.165, 1.54) is 0 Å². The van der Waals surface area contributed by atoms with E-state index in [-0.39, 0.29) is 17.9 Å². The molecule has 1 fully saturated rings. The van der Waals surface area contributed by atoms with Gasteiger partial charge in [-0.15, -0.1) is 0 Å². The molecule has 4 N–H and O–H groups in total. The fraction of sp³-hybridized carbons (Fsp3) is 0.882. The largest absolute Gasteiger partial charge is 0.444 e. The van der Waals surface area contributed by atoms with Crippen LogP contribution in [0.4, 0.5) is 4.79 Å². The van der Waals surface area contributed by atoms with E-state index < -0.39 is 17.8 Å². The van der Waals surface area contributed by atoms with Crippen molar-refractivity contribution < 1.29 is 19.4 Å². The zero-order chi connectivity index (χ0) is 18.2. The highest BCUT2D eigenvalue weighted by molar-refractivity contribution is 5.76. The fourth-order valence-electron chi connectivity index (χ4n) is 2.62. The third-order valence-electron chi connectivity index (χ3n) is 3.87. The van der Waals surface area contributed by atoms with Crippen LogP contribution in [0.2, 0.25) is 0 Å². The molecule has 0 spiro atoms. The van der Waals surface area contributed by atoms with Crippen LogP contribution < -0.4 is 16.0 Å². The van der Waals surface area contributed by atoms with Gasteiger partial charge in [0.15, 0.2) is 0 Å². The van der Waals surface area contributed by atoms with Crippen LogP contribution in [0.15, 0.2) is 0 Å². The van der Waals surface area contributed by atoms with E-state index in [2.05, 4.69) is 16.0 Å². The quantitative estimate of drug-likeness (QED) is 0.580. The van der Waals surface area contributed by atoms with Gasteiger partial charge in [0.25, 0.3) is 0 Å². The monoisotopic (exact) mass is 343 g/mol. The van der Waals surface area contributed by atoms with Gasteiger partial charge in [-0.25, -0.2) is 4.79 Å². The molecule has 0 aromatic rings. The van der Waals surface area contributed by atoms with Crippen LogP contribution in [0.3, 0.4) is 0 Å². The van der Waals surface area contributed by atoms with Crippen molar-refractivity contribution in [3.8, 4) is 0 Å². The third kappa shape index (κ3) is 9.08. The van der Waals surface area contributed by atoms with Gasteiger partial charge in [0.1, 0.15) is 5.60 Å². The van der Waals surface area contributed by atoms with Crippen LogP contribution in [0.25, 0.3) is 0 Å². The van der Waals surface area contributed by atoms with Crippen LogP contribution in [0.1, 0.15) is 53.4 Å². The number of amides is 2. The molecule has 0 aliphatic carbocycles. The Morgan fingerprint density at radius 2 is 2.08 bits per heavy atom. The highest BCUT2D eigenvalue weighted by Gasteiger charge is 2.23.